The van der Waals surface area contributed by atoms with Crippen molar-refractivity contribution >= 4 is 16.2 Å². The zero-order valence-corrected chi connectivity index (χ0v) is 11.7. The Morgan fingerprint density at radius 1 is 1.22 bits per heavy atom. The number of rotatable bonds is 4. The summed E-state index contributed by atoms with van der Waals surface area (Å²) in [5.74, 6) is -2.43. The number of alkyl halides is 3. The first-order valence-electron chi connectivity index (χ1n) is 5.89. The van der Waals surface area contributed by atoms with E-state index in [9.17, 15) is 35.2 Å². The van der Waals surface area contributed by atoms with Crippen molar-refractivity contribution in [1.29, 1.82) is 0 Å². The molecule has 128 valence electrons. The Kier molecular flexibility index (Phi) is 4.48. The number of carbonyl (C=O) groups excluding carboxylic acids is 1. The van der Waals surface area contributed by atoms with Crippen LogP contribution in [0.3, 0.4) is 0 Å². The number of hydrogen-bond acceptors (Lipinski definition) is 5. The number of alkyl carbamates (subject to hydrolysis) is 1. The van der Waals surface area contributed by atoms with Gasteiger partial charge < -0.3 is 10.1 Å². The van der Waals surface area contributed by atoms with E-state index in [0.717, 1.165) is 12.1 Å². The highest BCUT2D eigenvalue weighted by atomic mass is 32.2. The third kappa shape index (κ3) is 3.69. The standard InChI is InChI=1S/C11H8F5NO5S/c12-6-2-1-5(3-7(6)13)9-8(22-10(18)17-9)4-21-23(19,20)11(14,15)16/h1-3,8-9H,4H2,(H,17,18)/t8-,9-/m0/s1. The van der Waals surface area contributed by atoms with Crippen LogP contribution in [0.2, 0.25) is 0 Å². The second-order valence-corrected chi connectivity index (χ2v) is 6.03. The molecule has 1 aliphatic heterocycles. The Bertz CT molecular complexity index is 720. The molecule has 1 fully saturated rings. The van der Waals surface area contributed by atoms with E-state index in [-0.39, 0.29) is 5.56 Å². The molecule has 1 aromatic carbocycles. The minimum absolute atomic E-state index is 0.0345. The van der Waals surface area contributed by atoms with Crippen molar-refractivity contribution in [2.45, 2.75) is 17.7 Å². The van der Waals surface area contributed by atoms with Crippen LogP contribution in [-0.2, 0) is 19.0 Å². The van der Waals surface area contributed by atoms with Crippen molar-refractivity contribution in [1.82, 2.24) is 5.32 Å². The van der Waals surface area contributed by atoms with E-state index >= 15 is 0 Å². The van der Waals surface area contributed by atoms with Crippen molar-refractivity contribution in [3.63, 3.8) is 0 Å². The van der Waals surface area contributed by atoms with Gasteiger partial charge in [-0.15, -0.1) is 0 Å². The Morgan fingerprint density at radius 2 is 1.87 bits per heavy atom. The number of hydrogen-bond donors (Lipinski definition) is 1. The lowest BCUT2D eigenvalue weighted by Gasteiger charge is -2.17. The average molecular weight is 361 g/mol. The van der Waals surface area contributed by atoms with Crippen LogP contribution in [-0.4, -0.2) is 32.7 Å². The fourth-order valence-corrected chi connectivity index (χ4v) is 2.26. The number of halogens is 5. The minimum atomic E-state index is -5.88. The van der Waals surface area contributed by atoms with Gasteiger partial charge in [-0.05, 0) is 17.7 Å². The number of amides is 1. The van der Waals surface area contributed by atoms with Crippen molar-refractivity contribution < 1.29 is 44.1 Å². The Labute approximate surface area is 126 Å². The molecule has 0 bridgehead atoms. The summed E-state index contributed by atoms with van der Waals surface area (Å²) in [6.07, 6.45) is -2.55. The SMILES string of the molecule is O=C1N[C@@H](c2ccc(F)c(F)c2)[C@H](COS(=O)(=O)C(F)(F)F)O1. The van der Waals surface area contributed by atoms with Crippen LogP contribution in [0.4, 0.5) is 26.7 Å². The first kappa shape index (κ1) is 17.4. The molecule has 1 saturated heterocycles. The van der Waals surface area contributed by atoms with E-state index in [2.05, 4.69) is 14.2 Å². The van der Waals surface area contributed by atoms with Gasteiger partial charge in [-0.2, -0.15) is 21.6 Å². The van der Waals surface area contributed by atoms with Crippen molar-refractivity contribution in [3.05, 3.63) is 35.4 Å². The number of benzene rings is 1. The number of nitrogens with one attached hydrogen (secondary N) is 1. The molecule has 1 N–H and O–H groups in total. The summed E-state index contributed by atoms with van der Waals surface area (Å²) in [4.78, 5) is 11.2. The van der Waals surface area contributed by atoms with Crippen LogP contribution in [0.25, 0.3) is 0 Å². The van der Waals surface area contributed by atoms with Crippen LogP contribution >= 0.6 is 0 Å². The molecule has 0 spiro atoms. The third-order valence-corrected chi connectivity index (χ3v) is 3.89. The Morgan fingerprint density at radius 3 is 2.43 bits per heavy atom. The van der Waals surface area contributed by atoms with Crippen molar-refractivity contribution in [3.8, 4) is 0 Å². The average Bonchev–Trinajstić information content (AvgIpc) is 2.79. The summed E-state index contributed by atoms with van der Waals surface area (Å²) in [5.41, 5.74) is -5.67. The van der Waals surface area contributed by atoms with E-state index in [0.29, 0.717) is 6.07 Å². The smallest absolute Gasteiger partial charge is 0.441 e. The highest BCUT2D eigenvalue weighted by Gasteiger charge is 2.48. The van der Waals surface area contributed by atoms with Gasteiger partial charge in [0.2, 0.25) is 0 Å². The monoisotopic (exact) mass is 361 g/mol. The first-order valence-corrected chi connectivity index (χ1v) is 7.30. The van der Waals surface area contributed by atoms with Crippen molar-refractivity contribution in [2.24, 2.45) is 0 Å². The zero-order valence-electron chi connectivity index (χ0n) is 10.9. The highest BCUT2D eigenvalue weighted by Crippen LogP contribution is 2.29. The second kappa shape index (κ2) is 5.92. The largest absolute Gasteiger partial charge is 0.523 e. The maximum absolute atomic E-state index is 13.2. The molecule has 0 aliphatic carbocycles. The van der Waals surface area contributed by atoms with Gasteiger partial charge in [0, 0.05) is 0 Å². The summed E-state index contributed by atoms with van der Waals surface area (Å²) in [7, 11) is -5.88. The van der Waals surface area contributed by atoms with Gasteiger partial charge in [0.15, 0.2) is 17.7 Å². The normalized spacial score (nSPS) is 21.9. The molecule has 6 nitrogen and oxygen atoms in total. The molecule has 23 heavy (non-hydrogen) atoms. The van der Waals surface area contributed by atoms with Crippen LogP contribution < -0.4 is 5.32 Å². The summed E-state index contributed by atoms with van der Waals surface area (Å²) >= 11 is 0. The van der Waals surface area contributed by atoms with Gasteiger partial charge in [-0.25, -0.2) is 13.6 Å². The summed E-state index contributed by atoms with van der Waals surface area (Å²) in [5, 5.41) is 2.14. The van der Waals surface area contributed by atoms with Gasteiger partial charge >= 0.3 is 21.7 Å². The molecule has 0 saturated carbocycles. The molecule has 0 aromatic heterocycles. The lowest BCUT2D eigenvalue weighted by Crippen LogP contribution is -2.32. The van der Waals surface area contributed by atoms with Crippen LogP contribution in [0, 0.1) is 11.6 Å². The molecule has 1 heterocycles. The molecule has 12 heteroatoms. The molecule has 1 aromatic rings. The Hall–Kier alpha value is -1.95. The number of ether oxygens (including phenoxy) is 1. The lowest BCUT2D eigenvalue weighted by atomic mass is 10.0. The van der Waals surface area contributed by atoms with Crippen LogP contribution in [0.1, 0.15) is 11.6 Å². The second-order valence-electron chi connectivity index (χ2n) is 4.42. The van der Waals surface area contributed by atoms with Crippen LogP contribution in [0.5, 0.6) is 0 Å². The Balaban J connectivity index is 2.17. The van der Waals surface area contributed by atoms with Gasteiger partial charge in [-0.1, -0.05) is 6.07 Å². The predicted molar refractivity (Wildman–Crippen MR) is 63.4 cm³/mol. The fourth-order valence-electron chi connectivity index (χ4n) is 1.82. The topological polar surface area (TPSA) is 81.7 Å². The van der Waals surface area contributed by atoms with Crippen molar-refractivity contribution in [2.75, 3.05) is 6.61 Å². The summed E-state index contributed by atoms with van der Waals surface area (Å²) < 4.78 is 92.6. The highest BCUT2D eigenvalue weighted by molar-refractivity contribution is 7.87. The van der Waals surface area contributed by atoms with E-state index in [1.165, 1.54) is 0 Å². The van der Waals surface area contributed by atoms with E-state index in [1.807, 2.05) is 0 Å². The quantitative estimate of drug-likeness (QED) is 0.504. The predicted octanol–water partition coefficient (Wildman–Crippen LogP) is 1.98. The maximum Gasteiger partial charge on any atom is 0.523 e. The fraction of sp³-hybridized carbons (Fsp3) is 0.364. The third-order valence-electron chi connectivity index (χ3n) is 2.88. The minimum Gasteiger partial charge on any atom is -0.441 e. The molecule has 0 radical (unpaired) electrons. The van der Waals surface area contributed by atoms with Gasteiger partial charge in [0.25, 0.3) is 0 Å². The van der Waals surface area contributed by atoms with E-state index in [4.69, 9.17) is 0 Å². The summed E-state index contributed by atoms with van der Waals surface area (Å²) in [6, 6.07) is 1.28. The van der Waals surface area contributed by atoms with Gasteiger partial charge in [0.05, 0.1) is 6.04 Å². The number of cyclic esters (lactones) is 1. The molecule has 2 rings (SSSR count). The first-order chi connectivity index (χ1) is 10.5. The molecular weight excluding hydrogens is 353 g/mol. The van der Waals surface area contributed by atoms with E-state index in [1.54, 1.807) is 0 Å². The lowest BCUT2D eigenvalue weighted by molar-refractivity contribution is -0.0563. The molecule has 1 amide bonds. The number of carbonyl (C=O) groups is 1. The molecule has 1 aliphatic rings. The molecular formula is C11H8F5NO5S. The van der Waals surface area contributed by atoms with Gasteiger partial charge in [-0.3, -0.25) is 4.18 Å². The summed E-state index contributed by atoms with van der Waals surface area (Å²) in [6.45, 7) is -1.15. The molecule has 2 atom stereocenters. The van der Waals surface area contributed by atoms with E-state index < -0.39 is 52.1 Å². The van der Waals surface area contributed by atoms with Crippen LogP contribution in [0.15, 0.2) is 18.2 Å². The maximum atomic E-state index is 13.2. The molecule has 0 unspecified atom stereocenters. The zero-order chi connectivity index (χ0) is 17.4. The van der Waals surface area contributed by atoms with Gasteiger partial charge in [0.1, 0.15) is 6.61 Å².